The van der Waals surface area contributed by atoms with Gasteiger partial charge in [-0.2, -0.15) is 4.98 Å². The highest BCUT2D eigenvalue weighted by Gasteiger charge is 2.10. The lowest BCUT2D eigenvalue weighted by molar-refractivity contribution is 0.311. The number of aromatic nitrogens is 2. The smallest absolute Gasteiger partial charge is 0.257 e. The van der Waals surface area contributed by atoms with E-state index in [0.717, 1.165) is 35.5 Å². The van der Waals surface area contributed by atoms with Crippen LogP contribution in [-0.4, -0.2) is 36.9 Å². The molecule has 3 aromatic rings. The number of aliphatic imine (C=N–C) groups is 1. The number of benzene rings is 2. The number of nitrogens with one attached hydrogen (secondary N) is 2. The predicted molar refractivity (Wildman–Crippen MR) is 122 cm³/mol. The number of rotatable bonds is 9. The third kappa shape index (κ3) is 5.97. The molecule has 0 aliphatic carbocycles. The molecule has 0 saturated carbocycles. The van der Waals surface area contributed by atoms with Crippen LogP contribution in [0, 0.1) is 0 Å². The van der Waals surface area contributed by atoms with Crippen molar-refractivity contribution in [2.45, 2.75) is 33.2 Å². The van der Waals surface area contributed by atoms with Gasteiger partial charge in [0.05, 0.1) is 13.7 Å². The minimum atomic E-state index is 0.537. The molecule has 0 atom stereocenters. The highest BCUT2D eigenvalue weighted by molar-refractivity contribution is 5.93. The van der Waals surface area contributed by atoms with Crippen molar-refractivity contribution >= 4 is 11.6 Å². The Balaban J connectivity index is 1.65. The Morgan fingerprint density at radius 3 is 2.74 bits per heavy atom. The minimum Gasteiger partial charge on any atom is -0.493 e. The number of methoxy groups -OCH3 is 1. The number of hydrogen-bond donors (Lipinski definition) is 2. The van der Waals surface area contributed by atoms with Gasteiger partial charge in [0.25, 0.3) is 5.89 Å². The zero-order valence-electron chi connectivity index (χ0n) is 18.4. The molecule has 0 aliphatic rings. The van der Waals surface area contributed by atoms with Crippen LogP contribution in [0.2, 0.25) is 0 Å². The number of guanidine groups is 1. The van der Waals surface area contributed by atoms with E-state index in [2.05, 4.69) is 32.7 Å². The summed E-state index contributed by atoms with van der Waals surface area (Å²) in [4.78, 5) is 8.76. The average molecular weight is 424 g/mol. The predicted octanol–water partition coefficient (Wildman–Crippen LogP) is 4.28. The van der Waals surface area contributed by atoms with E-state index in [-0.39, 0.29) is 0 Å². The monoisotopic (exact) mass is 423 g/mol. The number of aryl methyl sites for hydroxylation is 1. The SMILES string of the molecule is CCCc1noc(-c2cccc(CNC(=NC)Nc3ccc(OC)c(OCC)c3)c2)n1. The molecule has 0 radical (unpaired) electrons. The van der Waals surface area contributed by atoms with Crippen LogP contribution in [0.5, 0.6) is 11.5 Å². The lowest BCUT2D eigenvalue weighted by atomic mass is 10.1. The molecule has 0 aliphatic heterocycles. The molecule has 1 aromatic heterocycles. The van der Waals surface area contributed by atoms with Crippen molar-refractivity contribution in [1.29, 1.82) is 0 Å². The molecule has 1 heterocycles. The molecule has 0 spiro atoms. The highest BCUT2D eigenvalue weighted by atomic mass is 16.5. The Morgan fingerprint density at radius 2 is 2.00 bits per heavy atom. The van der Waals surface area contributed by atoms with Crippen molar-refractivity contribution in [2.24, 2.45) is 4.99 Å². The fourth-order valence-electron chi connectivity index (χ4n) is 3.04. The van der Waals surface area contributed by atoms with E-state index < -0.39 is 0 Å². The van der Waals surface area contributed by atoms with Gasteiger partial charge in [-0.05, 0) is 43.2 Å². The van der Waals surface area contributed by atoms with Gasteiger partial charge in [0.1, 0.15) is 0 Å². The molecule has 8 heteroatoms. The van der Waals surface area contributed by atoms with Gasteiger partial charge in [0, 0.05) is 37.3 Å². The fourth-order valence-corrected chi connectivity index (χ4v) is 3.04. The molecular weight excluding hydrogens is 394 g/mol. The van der Waals surface area contributed by atoms with Crippen molar-refractivity contribution in [3.63, 3.8) is 0 Å². The summed E-state index contributed by atoms with van der Waals surface area (Å²) in [7, 11) is 3.35. The first-order chi connectivity index (χ1) is 15.2. The maximum Gasteiger partial charge on any atom is 0.257 e. The highest BCUT2D eigenvalue weighted by Crippen LogP contribution is 2.30. The third-order valence-electron chi connectivity index (χ3n) is 4.53. The van der Waals surface area contributed by atoms with E-state index in [1.807, 2.05) is 49.4 Å². The van der Waals surface area contributed by atoms with Crippen molar-refractivity contribution in [3.8, 4) is 23.0 Å². The molecular formula is C23H29N5O3. The second kappa shape index (κ2) is 11.0. The number of nitrogens with zero attached hydrogens (tertiary/aromatic N) is 3. The van der Waals surface area contributed by atoms with Gasteiger partial charge in [-0.15, -0.1) is 0 Å². The lowest BCUT2D eigenvalue weighted by Gasteiger charge is -2.15. The second-order valence-corrected chi connectivity index (χ2v) is 6.82. The standard InChI is InChI=1S/C23H29N5O3/c1-5-8-21-27-22(31-28-21)17-10-7-9-16(13-17)15-25-23(24-3)26-18-11-12-19(29-4)20(14-18)30-6-2/h7,9-14H,5-6,8,15H2,1-4H3,(H2,24,25,26). The molecule has 164 valence electrons. The number of ether oxygens (including phenoxy) is 2. The van der Waals surface area contributed by atoms with Crippen LogP contribution >= 0.6 is 0 Å². The van der Waals surface area contributed by atoms with Crippen LogP contribution < -0.4 is 20.1 Å². The van der Waals surface area contributed by atoms with E-state index in [0.29, 0.717) is 36.5 Å². The molecule has 2 aromatic carbocycles. The van der Waals surface area contributed by atoms with Gasteiger partial charge in [-0.3, -0.25) is 4.99 Å². The van der Waals surface area contributed by atoms with Crippen LogP contribution in [0.1, 0.15) is 31.7 Å². The summed E-state index contributed by atoms with van der Waals surface area (Å²) >= 11 is 0. The normalized spacial score (nSPS) is 11.3. The summed E-state index contributed by atoms with van der Waals surface area (Å²) in [6.45, 7) is 5.17. The maximum atomic E-state index is 5.64. The summed E-state index contributed by atoms with van der Waals surface area (Å²) in [6.07, 6.45) is 1.79. The first-order valence-electron chi connectivity index (χ1n) is 10.4. The van der Waals surface area contributed by atoms with E-state index in [1.54, 1.807) is 14.2 Å². The molecule has 0 bridgehead atoms. The van der Waals surface area contributed by atoms with E-state index in [4.69, 9.17) is 14.0 Å². The molecule has 2 N–H and O–H groups in total. The molecule has 3 rings (SSSR count). The van der Waals surface area contributed by atoms with E-state index in [1.165, 1.54) is 0 Å². The Labute approximate surface area is 182 Å². The zero-order chi connectivity index (χ0) is 22.1. The van der Waals surface area contributed by atoms with Crippen molar-refractivity contribution in [2.75, 3.05) is 26.1 Å². The molecule has 8 nitrogen and oxygen atoms in total. The van der Waals surface area contributed by atoms with Gasteiger partial charge in [0.2, 0.25) is 0 Å². The molecule has 0 amide bonds. The summed E-state index contributed by atoms with van der Waals surface area (Å²) in [6, 6.07) is 13.7. The summed E-state index contributed by atoms with van der Waals surface area (Å²) in [5.74, 6) is 3.28. The van der Waals surface area contributed by atoms with Crippen molar-refractivity contribution in [1.82, 2.24) is 15.5 Å². The third-order valence-corrected chi connectivity index (χ3v) is 4.53. The Hall–Kier alpha value is -3.55. The summed E-state index contributed by atoms with van der Waals surface area (Å²) in [5.41, 5.74) is 2.81. The fraction of sp³-hybridized carbons (Fsp3) is 0.348. The van der Waals surface area contributed by atoms with Gasteiger partial charge in [-0.1, -0.05) is 24.2 Å². The molecule has 0 saturated heterocycles. The Bertz CT molecular complexity index is 1020. The van der Waals surface area contributed by atoms with Crippen LogP contribution in [0.25, 0.3) is 11.5 Å². The van der Waals surface area contributed by atoms with E-state index >= 15 is 0 Å². The first-order valence-corrected chi connectivity index (χ1v) is 10.4. The second-order valence-electron chi connectivity index (χ2n) is 6.82. The summed E-state index contributed by atoms with van der Waals surface area (Å²) in [5, 5.41) is 10.6. The topological polar surface area (TPSA) is 93.8 Å². The Kier molecular flexibility index (Phi) is 7.86. The summed E-state index contributed by atoms with van der Waals surface area (Å²) < 4.78 is 16.4. The van der Waals surface area contributed by atoms with Crippen LogP contribution in [0.15, 0.2) is 52.0 Å². The number of anilines is 1. The van der Waals surface area contributed by atoms with Gasteiger partial charge >= 0.3 is 0 Å². The molecule has 31 heavy (non-hydrogen) atoms. The first kappa shape index (κ1) is 22.1. The average Bonchev–Trinajstić information content (AvgIpc) is 3.26. The number of hydrogen-bond acceptors (Lipinski definition) is 6. The van der Waals surface area contributed by atoms with Crippen LogP contribution in [0.4, 0.5) is 5.69 Å². The zero-order valence-corrected chi connectivity index (χ0v) is 18.4. The van der Waals surface area contributed by atoms with Crippen LogP contribution in [-0.2, 0) is 13.0 Å². The largest absolute Gasteiger partial charge is 0.493 e. The van der Waals surface area contributed by atoms with Gasteiger partial charge in [-0.25, -0.2) is 0 Å². The minimum absolute atomic E-state index is 0.537. The van der Waals surface area contributed by atoms with Crippen molar-refractivity contribution in [3.05, 3.63) is 53.9 Å². The van der Waals surface area contributed by atoms with E-state index in [9.17, 15) is 0 Å². The maximum absolute atomic E-state index is 5.64. The van der Waals surface area contributed by atoms with Gasteiger partial charge in [0.15, 0.2) is 23.3 Å². The molecule has 0 unspecified atom stereocenters. The molecule has 0 fully saturated rings. The van der Waals surface area contributed by atoms with Crippen molar-refractivity contribution < 1.29 is 14.0 Å². The Morgan fingerprint density at radius 1 is 1.13 bits per heavy atom. The van der Waals surface area contributed by atoms with Crippen LogP contribution in [0.3, 0.4) is 0 Å². The quantitative estimate of drug-likeness (QED) is 0.392. The lowest BCUT2D eigenvalue weighted by Crippen LogP contribution is -2.30. The van der Waals surface area contributed by atoms with Gasteiger partial charge < -0.3 is 24.6 Å².